The van der Waals surface area contributed by atoms with Crippen LogP contribution in [0.2, 0.25) is 0 Å². The zero-order chi connectivity index (χ0) is 12.3. The van der Waals surface area contributed by atoms with Crippen molar-refractivity contribution < 1.29 is 4.92 Å². The Morgan fingerprint density at radius 1 is 1.62 bits per heavy atom. The van der Waals surface area contributed by atoms with E-state index in [1.165, 1.54) is 0 Å². The number of pyridine rings is 1. The van der Waals surface area contributed by atoms with Crippen LogP contribution < -0.4 is 0 Å². The average Bonchev–Trinajstić information content (AvgIpc) is 2.20. The average molecular weight is 287 g/mol. The lowest BCUT2D eigenvalue weighted by atomic mass is 9.98. The highest BCUT2D eigenvalue weighted by Gasteiger charge is 2.20. The maximum absolute atomic E-state index is 10.8. The second-order valence-electron chi connectivity index (χ2n) is 3.85. The van der Waals surface area contributed by atoms with Crippen LogP contribution >= 0.6 is 15.9 Å². The van der Waals surface area contributed by atoms with Gasteiger partial charge in [-0.25, -0.2) is 0 Å². The van der Waals surface area contributed by atoms with E-state index >= 15 is 0 Å². The summed E-state index contributed by atoms with van der Waals surface area (Å²) in [4.78, 5) is 15.0. The first-order chi connectivity index (χ1) is 7.47. The van der Waals surface area contributed by atoms with E-state index in [9.17, 15) is 10.1 Å². The highest BCUT2D eigenvalue weighted by molar-refractivity contribution is 9.09. The molecular weight excluding hydrogens is 272 g/mol. The van der Waals surface area contributed by atoms with Crippen LogP contribution in [0.15, 0.2) is 12.3 Å². The Morgan fingerprint density at radius 2 is 2.25 bits per heavy atom. The minimum Gasteiger partial charge on any atom is -0.260 e. The molecule has 0 spiro atoms. The molecule has 0 aromatic carbocycles. The summed E-state index contributed by atoms with van der Waals surface area (Å²) in [6, 6.07) is 1.58. The normalized spacial score (nSPS) is 14.5. The molecule has 1 rings (SSSR count). The van der Waals surface area contributed by atoms with Gasteiger partial charge in [-0.1, -0.05) is 29.8 Å². The van der Waals surface area contributed by atoms with Crippen LogP contribution in [-0.2, 0) is 0 Å². The van der Waals surface area contributed by atoms with Gasteiger partial charge in [0.15, 0.2) is 0 Å². The Hall–Kier alpha value is -0.970. The van der Waals surface area contributed by atoms with Crippen molar-refractivity contribution in [2.45, 2.75) is 37.9 Å². The molecule has 1 heterocycles. The van der Waals surface area contributed by atoms with Crippen molar-refractivity contribution in [2.75, 3.05) is 0 Å². The van der Waals surface area contributed by atoms with E-state index in [2.05, 4.69) is 27.8 Å². The first-order valence-electron chi connectivity index (χ1n) is 5.22. The van der Waals surface area contributed by atoms with E-state index in [0.717, 1.165) is 12.1 Å². The molecule has 1 aromatic heterocycles. The van der Waals surface area contributed by atoms with Crippen molar-refractivity contribution in [3.63, 3.8) is 0 Å². The molecule has 2 atom stereocenters. The third-order valence-corrected chi connectivity index (χ3v) is 3.30. The minimum absolute atomic E-state index is 0.150. The van der Waals surface area contributed by atoms with E-state index in [-0.39, 0.29) is 21.4 Å². The molecular formula is C11H15BrN2O2. The Morgan fingerprint density at radius 3 is 2.69 bits per heavy atom. The van der Waals surface area contributed by atoms with Gasteiger partial charge in [-0.2, -0.15) is 0 Å². The van der Waals surface area contributed by atoms with Gasteiger partial charge in [0.05, 0.1) is 10.6 Å². The van der Waals surface area contributed by atoms with E-state index in [4.69, 9.17) is 0 Å². The van der Waals surface area contributed by atoms with Gasteiger partial charge in [-0.05, 0) is 13.3 Å². The van der Waals surface area contributed by atoms with E-state index < -0.39 is 0 Å². The molecule has 16 heavy (non-hydrogen) atoms. The minimum atomic E-state index is -0.355. The third-order valence-electron chi connectivity index (χ3n) is 2.67. The number of hydrogen-bond acceptors (Lipinski definition) is 3. The molecule has 0 amide bonds. The summed E-state index contributed by atoms with van der Waals surface area (Å²) in [7, 11) is 0. The summed E-state index contributed by atoms with van der Waals surface area (Å²) in [6.07, 6.45) is 2.48. The number of alkyl halides is 1. The maximum atomic E-state index is 10.8. The predicted octanol–water partition coefficient (Wildman–Crippen LogP) is 3.58. The summed E-state index contributed by atoms with van der Waals surface area (Å²) >= 11 is 3.51. The molecule has 0 saturated carbocycles. The van der Waals surface area contributed by atoms with Gasteiger partial charge >= 0.3 is 0 Å². The number of halogens is 1. The maximum Gasteiger partial charge on any atom is 0.275 e. The second-order valence-corrected chi connectivity index (χ2v) is 5.29. The molecule has 0 aliphatic heterocycles. The van der Waals surface area contributed by atoms with Crippen molar-refractivity contribution in [1.82, 2.24) is 4.98 Å². The molecule has 1 aromatic rings. The van der Waals surface area contributed by atoms with E-state index in [1.807, 2.05) is 6.92 Å². The van der Waals surface area contributed by atoms with Gasteiger partial charge in [-0.15, -0.1) is 0 Å². The largest absolute Gasteiger partial charge is 0.275 e. The van der Waals surface area contributed by atoms with Crippen LogP contribution in [0.1, 0.15) is 37.4 Å². The van der Waals surface area contributed by atoms with Gasteiger partial charge in [0.2, 0.25) is 0 Å². The smallest absolute Gasteiger partial charge is 0.260 e. The topological polar surface area (TPSA) is 56.0 Å². The van der Waals surface area contributed by atoms with Crippen molar-refractivity contribution in [3.05, 3.63) is 33.6 Å². The number of hydrogen-bond donors (Lipinski definition) is 0. The van der Waals surface area contributed by atoms with Gasteiger partial charge < -0.3 is 0 Å². The zero-order valence-electron chi connectivity index (χ0n) is 9.61. The second kappa shape index (κ2) is 5.39. The zero-order valence-corrected chi connectivity index (χ0v) is 11.2. The van der Waals surface area contributed by atoms with Crippen LogP contribution in [0.3, 0.4) is 0 Å². The molecule has 0 aliphatic rings. The van der Waals surface area contributed by atoms with Crippen LogP contribution in [0.5, 0.6) is 0 Å². The van der Waals surface area contributed by atoms with Crippen molar-refractivity contribution in [1.29, 1.82) is 0 Å². The van der Waals surface area contributed by atoms with E-state index in [0.29, 0.717) is 5.56 Å². The van der Waals surface area contributed by atoms with Crippen molar-refractivity contribution >= 4 is 21.6 Å². The number of nitro groups is 1. The summed E-state index contributed by atoms with van der Waals surface area (Å²) in [6.45, 7) is 5.78. The van der Waals surface area contributed by atoms with Gasteiger partial charge in [0.25, 0.3) is 5.69 Å². The molecule has 2 unspecified atom stereocenters. The van der Waals surface area contributed by atoms with E-state index in [1.54, 1.807) is 19.2 Å². The van der Waals surface area contributed by atoms with Crippen molar-refractivity contribution in [2.24, 2.45) is 0 Å². The number of aryl methyl sites for hydroxylation is 1. The lowest BCUT2D eigenvalue weighted by molar-refractivity contribution is -0.385. The molecule has 0 fully saturated rings. The Kier molecular flexibility index (Phi) is 4.41. The quantitative estimate of drug-likeness (QED) is 0.483. The first-order valence-corrected chi connectivity index (χ1v) is 6.14. The fourth-order valence-corrected chi connectivity index (χ4v) is 2.34. The molecule has 0 aliphatic carbocycles. The highest BCUT2D eigenvalue weighted by atomic mass is 79.9. The molecule has 0 N–H and O–H groups in total. The Bertz CT molecular complexity index is 394. The number of nitrogens with zero attached hydrogens (tertiary/aromatic N) is 2. The fraction of sp³-hybridized carbons (Fsp3) is 0.545. The fourth-order valence-electron chi connectivity index (χ4n) is 1.70. The molecule has 88 valence electrons. The van der Waals surface area contributed by atoms with Gasteiger partial charge in [0, 0.05) is 28.6 Å². The van der Waals surface area contributed by atoms with Crippen LogP contribution in [0, 0.1) is 17.0 Å². The standard InChI is InChI=1S/C11H15BrN2O2/c1-4-9(8(3)12)10-5-11(14(15)16)7(2)6-13-10/h5-6,8-9H,4H2,1-3H3. The highest BCUT2D eigenvalue weighted by Crippen LogP contribution is 2.29. The SMILES string of the molecule is CCC(c1cc([N+](=O)[O-])c(C)cn1)C(C)Br. The monoisotopic (exact) mass is 286 g/mol. The van der Waals surface area contributed by atoms with Gasteiger partial charge in [0.1, 0.15) is 0 Å². The summed E-state index contributed by atoms with van der Waals surface area (Å²) in [5.74, 6) is 0.208. The van der Waals surface area contributed by atoms with Gasteiger partial charge in [-0.3, -0.25) is 15.1 Å². The molecule has 0 radical (unpaired) electrons. The van der Waals surface area contributed by atoms with Crippen LogP contribution in [-0.4, -0.2) is 14.7 Å². The molecule has 5 heteroatoms. The molecule has 0 saturated heterocycles. The first kappa shape index (κ1) is 13.1. The Labute approximate surface area is 103 Å². The number of aromatic nitrogens is 1. The van der Waals surface area contributed by atoms with Crippen LogP contribution in [0.25, 0.3) is 0 Å². The van der Waals surface area contributed by atoms with Crippen LogP contribution in [0.4, 0.5) is 5.69 Å². The van der Waals surface area contributed by atoms with Crippen molar-refractivity contribution in [3.8, 4) is 0 Å². The Balaban J connectivity index is 3.15. The third kappa shape index (κ3) is 2.78. The lowest BCUT2D eigenvalue weighted by Gasteiger charge is -2.16. The lowest BCUT2D eigenvalue weighted by Crippen LogP contribution is -2.10. The number of rotatable bonds is 4. The summed E-state index contributed by atoms with van der Waals surface area (Å²) in [5, 5.41) is 10.8. The predicted molar refractivity (Wildman–Crippen MR) is 67.0 cm³/mol. The molecule has 4 nitrogen and oxygen atoms in total. The summed E-state index contributed by atoms with van der Waals surface area (Å²) < 4.78 is 0. The molecule has 0 bridgehead atoms. The summed E-state index contributed by atoms with van der Waals surface area (Å²) in [5.41, 5.74) is 1.53.